The minimum atomic E-state index is -0.156. The maximum atomic E-state index is 12.7. The van der Waals surface area contributed by atoms with E-state index in [0.717, 1.165) is 18.2 Å². The first kappa shape index (κ1) is 20.5. The molecule has 2 heterocycles. The number of ether oxygens (including phenoxy) is 2. The maximum absolute atomic E-state index is 12.7. The highest BCUT2D eigenvalue weighted by Crippen LogP contribution is 2.34. The lowest BCUT2D eigenvalue weighted by atomic mass is 10.0. The molecule has 10 nitrogen and oxygen atoms in total. The molecule has 0 unspecified atom stereocenters. The second kappa shape index (κ2) is 8.82. The Balaban J connectivity index is 1.68. The fourth-order valence-electron chi connectivity index (χ4n) is 3.53. The number of hydrazine groups is 1. The van der Waals surface area contributed by atoms with Crippen LogP contribution in [0.3, 0.4) is 0 Å². The zero-order chi connectivity index (χ0) is 21.0. The van der Waals surface area contributed by atoms with Crippen LogP contribution in [0, 0.1) is 0 Å². The summed E-state index contributed by atoms with van der Waals surface area (Å²) in [6.07, 6.45) is 3.09. The fourth-order valence-corrected chi connectivity index (χ4v) is 3.53. The van der Waals surface area contributed by atoms with Gasteiger partial charge in [-0.3, -0.25) is 14.8 Å². The number of guanidine groups is 1. The van der Waals surface area contributed by atoms with Gasteiger partial charge in [0.2, 0.25) is 5.96 Å². The van der Waals surface area contributed by atoms with E-state index in [1.54, 1.807) is 39.6 Å². The number of hydrogen-bond donors (Lipinski definition) is 3. The van der Waals surface area contributed by atoms with Crippen LogP contribution in [0.25, 0.3) is 10.9 Å². The largest absolute Gasteiger partial charge is 0.493 e. The number of pyridine rings is 1. The van der Waals surface area contributed by atoms with Crippen molar-refractivity contribution in [2.45, 2.75) is 18.9 Å². The summed E-state index contributed by atoms with van der Waals surface area (Å²) in [6.45, 7) is 1.41. The first-order chi connectivity index (χ1) is 14.0. The Labute approximate surface area is 169 Å². The average Bonchev–Trinajstić information content (AvgIpc) is 2.73. The summed E-state index contributed by atoms with van der Waals surface area (Å²) in [7, 11) is 4.83. The number of carbonyl (C=O) groups excluding carboxylic acids is 1. The van der Waals surface area contributed by atoms with E-state index in [1.807, 2.05) is 11.0 Å². The predicted octanol–water partition coefficient (Wildman–Crippen LogP) is 0.481. The van der Waals surface area contributed by atoms with Crippen molar-refractivity contribution in [3.63, 3.8) is 0 Å². The van der Waals surface area contributed by atoms with Crippen LogP contribution in [0.1, 0.15) is 23.2 Å². The molecule has 156 valence electrons. The van der Waals surface area contributed by atoms with E-state index in [2.05, 4.69) is 15.4 Å². The molecule has 5 N–H and O–H groups in total. The third kappa shape index (κ3) is 4.27. The number of rotatable bonds is 4. The van der Waals surface area contributed by atoms with Gasteiger partial charge in [-0.2, -0.15) is 0 Å². The highest BCUT2D eigenvalue weighted by Gasteiger charge is 2.24. The number of carbonyl (C=O) groups is 1. The van der Waals surface area contributed by atoms with Crippen LogP contribution in [-0.2, 0) is 0 Å². The SMILES string of the molecule is COc1ccc2cc(C(=O)NC3CCN(/C(=N/N)N(C)N)CC3)cnc2c1OC. The number of methoxy groups -OCH3 is 2. The predicted molar refractivity (Wildman–Crippen MR) is 110 cm³/mol. The number of nitrogens with zero attached hydrogens (tertiary/aromatic N) is 4. The van der Waals surface area contributed by atoms with Gasteiger partial charge < -0.3 is 25.5 Å². The Hall–Kier alpha value is -3.27. The van der Waals surface area contributed by atoms with Crippen LogP contribution >= 0.6 is 0 Å². The molecule has 1 fully saturated rings. The summed E-state index contributed by atoms with van der Waals surface area (Å²) in [5, 5.41) is 9.01. The Morgan fingerprint density at radius 2 is 2.03 bits per heavy atom. The lowest BCUT2D eigenvalue weighted by molar-refractivity contribution is 0.0920. The van der Waals surface area contributed by atoms with Gasteiger partial charge >= 0.3 is 0 Å². The maximum Gasteiger partial charge on any atom is 0.253 e. The Morgan fingerprint density at radius 3 is 2.62 bits per heavy atom. The molecule has 0 atom stereocenters. The number of aromatic nitrogens is 1. The first-order valence-corrected chi connectivity index (χ1v) is 9.31. The van der Waals surface area contributed by atoms with Crippen molar-refractivity contribution in [1.82, 2.24) is 20.2 Å². The standard InChI is InChI=1S/C19H27N7O3/c1-25(21)19(24-20)26-8-6-14(7-9-26)23-18(27)13-10-12-4-5-15(28-2)17(29-3)16(12)22-11-13/h4-5,10-11,14H,6-9,20-21H2,1-3H3,(H,23,27)/b24-19+. The van der Waals surface area contributed by atoms with Crippen molar-refractivity contribution in [2.24, 2.45) is 16.8 Å². The fraction of sp³-hybridized carbons (Fsp3) is 0.421. The molecule has 0 spiro atoms. The number of amides is 1. The van der Waals surface area contributed by atoms with Crippen molar-refractivity contribution >= 4 is 22.8 Å². The van der Waals surface area contributed by atoms with Crippen LogP contribution in [0.2, 0.25) is 0 Å². The third-order valence-corrected chi connectivity index (χ3v) is 5.00. The molecular formula is C19H27N7O3. The van der Waals surface area contributed by atoms with E-state index in [4.69, 9.17) is 21.2 Å². The second-order valence-electron chi connectivity index (χ2n) is 6.87. The van der Waals surface area contributed by atoms with Crippen LogP contribution in [0.4, 0.5) is 0 Å². The van der Waals surface area contributed by atoms with Crippen molar-refractivity contribution < 1.29 is 14.3 Å². The van der Waals surface area contributed by atoms with E-state index in [1.165, 1.54) is 5.01 Å². The van der Waals surface area contributed by atoms with E-state index in [0.29, 0.717) is 41.6 Å². The van der Waals surface area contributed by atoms with Gasteiger partial charge in [-0.05, 0) is 31.0 Å². The van der Waals surface area contributed by atoms with Crippen molar-refractivity contribution in [2.75, 3.05) is 34.4 Å². The molecule has 1 aliphatic heterocycles. The molecule has 1 aliphatic rings. The molecule has 29 heavy (non-hydrogen) atoms. The highest BCUT2D eigenvalue weighted by molar-refractivity contribution is 5.98. The van der Waals surface area contributed by atoms with Gasteiger partial charge in [0, 0.05) is 37.8 Å². The van der Waals surface area contributed by atoms with Crippen LogP contribution in [0.15, 0.2) is 29.5 Å². The monoisotopic (exact) mass is 401 g/mol. The molecule has 10 heteroatoms. The average molecular weight is 401 g/mol. The van der Waals surface area contributed by atoms with E-state index in [-0.39, 0.29) is 11.9 Å². The number of fused-ring (bicyclic) bond motifs is 1. The van der Waals surface area contributed by atoms with Crippen LogP contribution in [0.5, 0.6) is 11.5 Å². The molecule has 2 aromatic rings. The van der Waals surface area contributed by atoms with E-state index < -0.39 is 0 Å². The van der Waals surface area contributed by atoms with Crippen molar-refractivity contribution in [1.29, 1.82) is 0 Å². The summed E-state index contributed by atoms with van der Waals surface area (Å²) in [4.78, 5) is 19.1. The molecule has 1 aromatic carbocycles. The highest BCUT2D eigenvalue weighted by atomic mass is 16.5. The third-order valence-electron chi connectivity index (χ3n) is 5.00. The normalized spacial score (nSPS) is 15.3. The molecular weight excluding hydrogens is 374 g/mol. The van der Waals surface area contributed by atoms with Gasteiger partial charge in [-0.1, -0.05) is 0 Å². The van der Waals surface area contributed by atoms with Gasteiger partial charge in [-0.25, -0.2) is 5.84 Å². The molecule has 1 aromatic heterocycles. The van der Waals surface area contributed by atoms with Gasteiger partial charge in [0.1, 0.15) is 5.52 Å². The number of hydrogen-bond acceptors (Lipinski definition) is 7. The van der Waals surface area contributed by atoms with E-state index in [9.17, 15) is 4.79 Å². The van der Waals surface area contributed by atoms with Crippen LogP contribution < -0.4 is 26.5 Å². The minimum Gasteiger partial charge on any atom is -0.493 e. The molecule has 0 saturated carbocycles. The first-order valence-electron chi connectivity index (χ1n) is 9.31. The number of likely N-dealkylation sites (tertiary alicyclic amines) is 1. The number of nitrogens with two attached hydrogens (primary N) is 2. The molecule has 1 saturated heterocycles. The summed E-state index contributed by atoms with van der Waals surface area (Å²) in [5.74, 6) is 12.7. The molecule has 1 amide bonds. The molecule has 0 aliphatic carbocycles. The minimum absolute atomic E-state index is 0.0574. The van der Waals surface area contributed by atoms with Gasteiger partial charge in [-0.15, -0.1) is 5.10 Å². The number of piperidine rings is 1. The lowest BCUT2D eigenvalue weighted by Gasteiger charge is -2.35. The molecule has 3 rings (SSSR count). The Morgan fingerprint density at radius 1 is 1.31 bits per heavy atom. The lowest BCUT2D eigenvalue weighted by Crippen LogP contribution is -2.52. The zero-order valence-corrected chi connectivity index (χ0v) is 16.9. The number of nitrogens with one attached hydrogen (secondary N) is 1. The number of benzene rings is 1. The van der Waals surface area contributed by atoms with Gasteiger partial charge in [0.05, 0.1) is 19.8 Å². The quantitative estimate of drug-likeness (QED) is 0.292. The second-order valence-corrected chi connectivity index (χ2v) is 6.87. The smallest absolute Gasteiger partial charge is 0.253 e. The van der Waals surface area contributed by atoms with Crippen LogP contribution in [-0.4, -0.2) is 67.2 Å². The topological polar surface area (TPSA) is 131 Å². The Bertz CT molecular complexity index is 908. The number of hydrazone groups is 1. The summed E-state index contributed by atoms with van der Waals surface area (Å²) < 4.78 is 10.7. The molecule has 0 bridgehead atoms. The van der Waals surface area contributed by atoms with Gasteiger partial charge in [0.15, 0.2) is 11.5 Å². The summed E-state index contributed by atoms with van der Waals surface area (Å²) >= 11 is 0. The summed E-state index contributed by atoms with van der Waals surface area (Å²) in [6, 6.07) is 5.51. The summed E-state index contributed by atoms with van der Waals surface area (Å²) in [5.41, 5.74) is 1.15. The zero-order valence-electron chi connectivity index (χ0n) is 16.9. The van der Waals surface area contributed by atoms with Crippen molar-refractivity contribution in [3.05, 3.63) is 30.0 Å². The van der Waals surface area contributed by atoms with E-state index >= 15 is 0 Å². The van der Waals surface area contributed by atoms with Gasteiger partial charge in [0.25, 0.3) is 5.91 Å². The Kier molecular flexibility index (Phi) is 6.23. The molecule has 0 radical (unpaired) electrons. The van der Waals surface area contributed by atoms with Crippen molar-refractivity contribution in [3.8, 4) is 11.5 Å².